The highest BCUT2D eigenvalue weighted by molar-refractivity contribution is 6.07. The molecule has 0 atom stereocenters. The fraction of sp³-hybridized carbons (Fsp3) is 0.227. The number of hydrogen-bond acceptors (Lipinski definition) is 3. The zero-order valence-corrected chi connectivity index (χ0v) is 15.0. The maximum Gasteiger partial charge on any atom is 0.272 e. The third kappa shape index (κ3) is 3.36. The lowest BCUT2D eigenvalue weighted by molar-refractivity contribution is 0.0956. The molecule has 0 unspecified atom stereocenters. The number of benzene rings is 2. The summed E-state index contributed by atoms with van der Waals surface area (Å²) in [7, 11) is 0. The highest BCUT2D eigenvalue weighted by Crippen LogP contribution is 2.40. The number of hydrogen-bond donors (Lipinski definition) is 1. The van der Waals surface area contributed by atoms with Crippen LogP contribution in [0, 0.1) is 6.92 Å². The minimum Gasteiger partial charge on any atom is -0.267 e. The van der Waals surface area contributed by atoms with Gasteiger partial charge in [0.25, 0.3) is 5.91 Å². The van der Waals surface area contributed by atoms with E-state index in [4.69, 9.17) is 4.98 Å². The molecule has 130 valence electrons. The summed E-state index contributed by atoms with van der Waals surface area (Å²) in [6.07, 6.45) is 2.30. The van der Waals surface area contributed by atoms with Crippen molar-refractivity contribution < 1.29 is 4.79 Å². The summed E-state index contributed by atoms with van der Waals surface area (Å²) >= 11 is 0. The van der Waals surface area contributed by atoms with Crippen molar-refractivity contribution in [1.29, 1.82) is 0 Å². The van der Waals surface area contributed by atoms with Crippen LogP contribution < -0.4 is 5.43 Å². The Bertz CT molecular complexity index is 1000. The molecular weight excluding hydrogens is 322 g/mol. The van der Waals surface area contributed by atoms with Crippen LogP contribution in [0.4, 0.5) is 0 Å². The number of pyridine rings is 1. The number of hydrazone groups is 1. The van der Waals surface area contributed by atoms with Gasteiger partial charge in [0.1, 0.15) is 0 Å². The second-order valence-corrected chi connectivity index (χ2v) is 6.89. The Kier molecular flexibility index (Phi) is 4.25. The summed E-state index contributed by atoms with van der Waals surface area (Å²) in [5.41, 5.74) is 8.19. The quantitative estimate of drug-likeness (QED) is 0.557. The first-order chi connectivity index (χ1) is 12.6. The third-order valence-electron chi connectivity index (χ3n) is 4.77. The molecule has 1 aromatic heterocycles. The van der Waals surface area contributed by atoms with E-state index in [0.29, 0.717) is 11.5 Å². The SMILES string of the molecule is C/C(=N/NC(=O)c1cc(C2CC2)nc2ccccc12)c1ccc(C)cc1. The highest BCUT2D eigenvalue weighted by Gasteiger charge is 2.26. The van der Waals surface area contributed by atoms with Gasteiger partial charge < -0.3 is 0 Å². The molecular formula is C22H21N3O. The van der Waals surface area contributed by atoms with E-state index in [2.05, 4.69) is 10.5 Å². The number of rotatable bonds is 4. The minimum absolute atomic E-state index is 0.197. The van der Waals surface area contributed by atoms with Crippen LogP contribution in [-0.2, 0) is 0 Å². The molecule has 0 bridgehead atoms. The number of amides is 1. The fourth-order valence-electron chi connectivity index (χ4n) is 3.03. The molecule has 0 aliphatic heterocycles. The van der Waals surface area contributed by atoms with Gasteiger partial charge in [0, 0.05) is 17.0 Å². The smallest absolute Gasteiger partial charge is 0.267 e. The molecule has 26 heavy (non-hydrogen) atoms. The fourth-order valence-corrected chi connectivity index (χ4v) is 3.03. The van der Waals surface area contributed by atoms with Crippen LogP contribution in [-0.4, -0.2) is 16.6 Å². The van der Waals surface area contributed by atoms with Crippen LogP contribution >= 0.6 is 0 Å². The van der Waals surface area contributed by atoms with Crippen LogP contribution in [0.5, 0.6) is 0 Å². The monoisotopic (exact) mass is 343 g/mol. The van der Waals surface area contributed by atoms with Crippen molar-refractivity contribution in [3.05, 3.63) is 77.0 Å². The number of nitrogens with zero attached hydrogens (tertiary/aromatic N) is 2. The van der Waals surface area contributed by atoms with E-state index in [0.717, 1.165) is 40.7 Å². The number of nitrogens with one attached hydrogen (secondary N) is 1. The predicted molar refractivity (Wildman–Crippen MR) is 105 cm³/mol. The van der Waals surface area contributed by atoms with Gasteiger partial charge in [0.2, 0.25) is 0 Å². The Morgan fingerprint density at radius 3 is 2.58 bits per heavy atom. The van der Waals surface area contributed by atoms with Gasteiger partial charge >= 0.3 is 0 Å². The van der Waals surface area contributed by atoms with E-state index in [-0.39, 0.29) is 5.91 Å². The first kappa shape index (κ1) is 16.5. The van der Waals surface area contributed by atoms with E-state index in [1.807, 2.05) is 68.4 Å². The number of carbonyl (C=O) groups excluding carboxylic acids is 1. The van der Waals surface area contributed by atoms with E-state index in [9.17, 15) is 4.79 Å². The molecule has 4 rings (SSSR count). The van der Waals surface area contributed by atoms with Gasteiger partial charge in [0.15, 0.2) is 0 Å². The molecule has 0 radical (unpaired) electrons. The van der Waals surface area contributed by atoms with Crippen molar-refractivity contribution in [3.8, 4) is 0 Å². The van der Waals surface area contributed by atoms with Crippen LogP contribution in [0.25, 0.3) is 10.9 Å². The van der Waals surface area contributed by atoms with Gasteiger partial charge in [-0.15, -0.1) is 0 Å². The van der Waals surface area contributed by atoms with E-state index in [1.54, 1.807) is 0 Å². The van der Waals surface area contributed by atoms with E-state index >= 15 is 0 Å². The zero-order chi connectivity index (χ0) is 18.1. The second kappa shape index (κ2) is 6.71. The van der Waals surface area contributed by atoms with Crippen molar-refractivity contribution in [2.24, 2.45) is 5.10 Å². The standard InChI is InChI=1S/C22H21N3O/c1-14-7-9-16(10-8-14)15(2)24-25-22(26)19-13-21(17-11-12-17)23-20-6-4-3-5-18(19)20/h3-10,13,17H,11-12H2,1-2H3,(H,25,26)/b24-15-. The van der Waals surface area contributed by atoms with Gasteiger partial charge in [-0.25, -0.2) is 5.43 Å². The summed E-state index contributed by atoms with van der Waals surface area (Å²) in [6, 6.07) is 17.8. The molecule has 0 spiro atoms. The van der Waals surface area contributed by atoms with Crippen molar-refractivity contribution in [2.75, 3.05) is 0 Å². The number of carbonyl (C=O) groups is 1. The summed E-state index contributed by atoms with van der Waals surface area (Å²) < 4.78 is 0. The van der Waals surface area contributed by atoms with Crippen molar-refractivity contribution >= 4 is 22.5 Å². The van der Waals surface area contributed by atoms with Crippen molar-refractivity contribution in [2.45, 2.75) is 32.6 Å². The predicted octanol–water partition coefficient (Wildman–Crippen LogP) is 4.57. The molecule has 4 nitrogen and oxygen atoms in total. The van der Waals surface area contributed by atoms with Crippen LogP contribution in [0.1, 0.15) is 52.9 Å². The molecule has 1 aliphatic rings. The lowest BCUT2D eigenvalue weighted by atomic mass is 10.1. The summed E-state index contributed by atoms with van der Waals surface area (Å²) in [5.74, 6) is 0.293. The first-order valence-corrected chi connectivity index (χ1v) is 8.93. The minimum atomic E-state index is -0.197. The summed E-state index contributed by atoms with van der Waals surface area (Å²) in [4.78, 5) is 17.5. The molecule has 1 heterocycles. The highest BCUT2D eigenvalue weighted by atomic mass is 16.2. The molecule has 1 N–H and O–H groups in total. The van der Waals surface area contributed by atoms with E-state index in [1.165, 1.54) is 5.56 Å². The topological polar surface area (TPSA) is 54.4 Å². The summed E-state index contributed by atoms with van der Waals surface area (Å²) in [6.45, 7) is 3.94. The average Bonchev–Trinajstić information content (AvgIpc) is 3.51. The van der Waals surface area contributed by atoms with E-state index < -0.39 is 0 Å². The molecule has 4 heteroatoms. The lowest BCUT2D eigenvalue weighted by Gasteiger charge is -2.09. The second-order valence-electron chi connectivity index (χ2n) is 6.89. The molecule has 2 aromatic carbocycles. The molecule has 3 aromatic rings. The zero-order valence-electron chi connectivity index (χ0n) is 15.0. The van der Waals surface area contributed by atoms with Crippen LogP contribution in [0.3, 0.4) is 0 Å². The Balaban J connectivity index is 1.63. The maximum atomic E-state index is 12.8. The Morgan fingerprint density at radius 1 is 1.12 bits per heavy atom. The number of para-hydroxylation sites is 1. The Labute approximate surface area is 153 Å². The molecule has 1 saturated carbocycles. The van der Waals surface area contributed by atoms with Gasteiger partial charge in [0.05, 0.1) is 16.8 Å². The van der Waals surface area contributed by atoms with Crippen molar-refractivity contribution in [1.82, 2.24) is 10.4 Å². The first-order valence-electron chi connectivity index (χ1n) is 8.93. The maximum absolute atomic E-state index is 12.8. The normalized spacial score (nSPS) is 14.5. The number of fused-ring (bicyclic) bond motifs is 1. The van der Waals surface area contributed by atoms with Gasteiger partial charge in [-0.3, -0.25) is 9.78 Å². The molecule has 1 amide bonds. The largest absolute Gasteiger partial charge is 0.272 e. The third-order valence-corrected chi connectivity index (χ3v) is 4.77. The molecule has 1 fully saturated rings. The van der Waals surface area contributed by atoms with Gasteiger partial charge in [-0.1, -0.05) is 48.0 Å². The Hall–Kier alpha value is -3.01. The molecule has 0 saturated heterocycles. The van der Waals surface area contributed by atoms with Gasteiger partial charge in [-0.2, -0.15) is 5.10 Å². The van der Waals surface area contributed by atoms with Gasteiger partial charge in [-0.05, 0) is 44.4 Å². The number of aryl methyl sites for hydroxylation is 1. The average molecular weight is 343 g/mol. The van der Waals surface area contributed by atoms with Crippen molar-refractivity contribution in [3.63, 3.8) is 0 Å². The lowest BCUT2D eigenvalue weighted by Crippen LogP contribution is -2.20. The summed E-state index contributed by atoms with van der Waals surface area (Å²) in [5, 5.41) is 5.15. The molecule has 1 aliphatic carbocycles. The Morgan fingerprint density at radius 2 is 1.85 bits per heavy atom. The van der Waals surface area contributed by atoms with Crippen LogP contribution in [0.2, 0.25) is 0 Å². The number of aromatic nitrogens is 1. The van der Waals surface area contributed by atoms with Crippen LogP contribution in [0.15, 0.2) is 59.7 Å².